The standard InChI is InChI=1S/C23H22N4O3S/c28-14-16-10-12-27(13-11-16)20-9-5-4-8-18(20)24-22(30)19-15-31-23(25-19)26-21(29)17-6-2-1-3-7-17/h1-9,14-16H,10-13H2,(H,24,30)(H,25,26,29). The summed E-state index contributed by atoms with van der Waals surface area (Å²) in [6.45, 7) is 1.53. The molecule has 8 heteroatoms. The van der Waals surface area contributed by atoms with E-state index in [0.717, 1.165) is 37.9 Å². The quantitative estimate of drug-likeness (QED) is 0.571. The van der Waals surface area contributed by atoms with E-state index in [-0.39, 0.29) is 23.4 Å². The van der Waals surface area contributed by atoms with Gasteiger partial charge in [-0.15, -0.1) is 11.3 Å². The molecule has 2 N–H and O–H groups in total. The molecule has 31 heavy (non-hydrogen) atoms. The second kappa shape index (κ2) is 9.53. The Morgan fingerprint density at radius 2 is 1.68 bits per heavy atom. The van der Waals surface area contributed by atoms with Gasteiger partial charge in [0.25, 0.3) is 11.8 Å². The van der Waals surface area contributed by atoms with E-state index in [0.29, 0.717) is 16.4 Å². The first-order valence-corrected chi connectivity index (χ1v) is 10.9. The Morgan fingerprint density at radius 1 is 0.968 bits per heavy atom. The number of aldehydes is 1. The van der Waals surface area contributed by atoms with E-state index in [9.17, 15) is 14.4 Å². The summed E-state index contributed by atoms with van der Waals surface area (Å²) in [5.74, 6) is -0.504. The number of thiazole rings is 1. The normalized spacial score (nSPS) is 14.1. The van der Waals surface area contributed by atoms with Crippen molar-refractivity contribution in [1.29, 1.82) is 0 Å². The molecule has 0 atom stereocenters. The summed E-state index contributed by atoms with van der Waals surface area (Å²) < 4.78 is 0. The smallest absolute Gasteiger partial charge is 0.275 e. The van der Waals surface area contributed by atoms with Crippen molar-refractivity contribution in [2.24, 2.45) is 5.92 Å². The van der Waals surface area contributed by atoms with Gasteiger partial charge < -0.3 is 15.0 Å². The minimum absolute atomic E-state index is 0.109. The molecule has 1 aliphatic rings. The van der Waals surface area contributed by atoms with Crippen LogP contribution in [0.4, 0.5) is 16.5 Å². The van der Waals surface area contributed by atoms with E-state index in [1.165, 1.54) is 11.3 Å². The van der Waals surface area contributed by atoms with E-state index >= 15 is 0 Å². The number of amides is 2. The van der Waals surface area contributed by atoms with Crippen LogP contribution in [0.5, 0.6) is 0 Å². The molecule has 4 rings (SSSR count). The largest absolute Gasteiger partial charge is 0.370 e. The maximum Gasteiger partial charge on any atom is 0.275 e. The molecule has 0 radical (unpaired) electrons. The molecule has 3 aromatic rings. The van der Waals surface area contributed by atoms with Gasteiger partial charge in [-0.3, -0.25) is 14.9 Å². The summed E-state index contributed by atoms with van der Waals surface area (Å²) in [6, 6.07) is 16.4. The molecule has 1 saturated heterocycles. The zero-order chi connectivity index (χ0) is 21.6. The highest BCUT2D eigenvalue weighted by Crippen LogP contribution is 2.30. The fourth-order valence-electron chi connectivity index (χ4n) is 3.51. The van der Waals surface area contributed by atoms with Gasteiger partial charge in [-0.1, -0.05) is 30.3 Å². The molecular formula is C23H22N4O3S. The molecule has 0 aliphatic carbocycles. The van der Waals surface area contributed by atoms with Gasteiger partial charge >= 0.3 is 0 Å². The number of carbonyl (C=O) groups is 3. The lowest BCUT2D eigenvalue weighted by molar-refractivity contribution is -0.111. The number of nitrogens with one attached hydrogen (secondary N) is 2. The monoisotopic (exact) mass is 434 g/mol. The van der Waals surface area contributed by atoms with Crippen LogP contribution in [-0.4, -0.2) is 36.2 Å². The fourth-order valence-corrected chi connectivity index (χ4v) is 4.20. The summed E-state index contributed by atoms with van der Waals surface area (Å²) in [4.78, 5) is 42.5. The van der Waals surface area contributed by atoms with Crippen molar-refractivity contribution in [3.63, 3.8) is 0 Å². The van der Waals surface area contributed by atoms with Crippen LogP contribution in [0.1, 0.15) is 33.7 Å². The maximum atomic E-state index is 12.8. The van der Waals surface area contributed by atoms with Crippen LogP contribution < -0.4 is 15.5 Å². The van der Waals surface area contributed by atoms with Gasteiger partial charge in [-0.25, -0.2) is 4.98 Å². The van der Waals surface area contributed by atoms with Crippen LogP contribution in [0.3, 0.4) is 0 Å². The van der Waals surface area contributed by atoms with Gasteiger partial charge in [0.1, 0.15) is 12.0 Å². The van der Waals surface area contributed by atoms with Crippen molar-refractivity contribution in [3.05, 3.63) is 71.2 Å². The molecule has 1 aliphatic heterocycles. The van der Waals surface area contributed by atoms with Gasteiger partial charge in [-0.2, -0.15) is 0 Å². The third-order valence-electron chi connectivity index (χ3n) is 5.22. The lowest BCUT2D eigenvalue weighted by Gasteiger charge is -2.32. The predicted molar refractivity (Wildman–Crippen MR) is 122 cm³/mol. The number of benzene rings is 2. The third-order valence-corrected chi connectivity index (χ3v) is 5.98. The van der Waals surface area contributed by atoms with E-state index < -0.39 is 0 Å². The SMILES string of the molecule is O=CC1CCN(c2ccccc2NC(=O)c2csc(NC(=O)c3ccccc3)n2)CC1. The van der Waals surface area contributed by atoms with Gasteiger partial charge in [0, 0.05) is 30.0 Å². The fraction of sp³-hybridized carbons (Fsp3) is 0.217. The molecule has 0 spiro atoms. The van der Waals surface area contributed by atoms with Crippen LogP contribution in [0.2, 0.25) is 0 Å². The molecule has 0 bridgehead atoms. The highest BCUT2D eigenvalue weighted by Gasteiger charge is 2.21. The predicted octanol–water partition coefficient (Wildman–Crippen LogP) is 4.06. The Kier molecular flexibility index (Phi) is 6.37. The first-order chi connectivity index (χ1) is 15.1. The number of hydrogen-bond acceptors (Lipinski definition) is 6. The lowest BCUT2D eigenvalue weighted by atomic mass is 9.98. The van der Waals surface area contributed by atoms with Crippen molar-refractivity contribution >= 4 is 45.9 Å². The molecule has 2 aromatic carbocycles. The highest BCUT2D eigenvalue weighted by atomic mass is 32.1. The number of para-hydroxylation sites is 2. The third kappa shape index (κ3) is 4.97. The molecule has 1 fully saturated rings. The minimum Gasteiger partial charge on any atom is -0.370 e. The topological polar surface area (TPSA) is 91.4 Å². The Labute approximate surface area is 184 Å². The highest BCUT2D eigenvalue weighted by molar-refractivity contribution is 7.14. The Hall–Kier alpha value is -3.52. The van der Waals surface area contributed by atoms with Crippen molar-refractivity contribution in [2.45, 2.75) is 12.8 Å². The minimum atomic E-state index is -0.341. The van der Waals surface area contributed by atoms with Crippen molar-refractivity contribution in [2.75, 3.05) is 28.6 Å². The molecule has 0 saturated carbocycles. The summed E-state index contributed by atoms with van der Waals surface area (Å²) in [7, 11) is 0. The number of aromatic nitrogens is 1. The molecular weight excluding hydrogens is 412 g/mol. The Bertz CT molecular complexity index is 1080. The number of anilines is 3. The van der Waals surface area contributed by atoms with Crippen molar-refractivity contribution in [1.82, 2.24) is 4.98 Å². The van der Waals surface area contributed by atoms with Crippen molar-refractivity contribution < 1.29 is 14.4 Å². The second-order valence-electron chi connectivity index (χ2n) is 7.29. The number of rotatable bonds is 6. The van der Waals surface area contributed by atoms with Gasteiger partial charge in [-0.05, 0) is 37.1 Å². The zero-order valence-corrected chi connectivity index (χ0v) is 17.6. The van der Waals surface area contributed by atoms with E-state index in [4.69, 9.17) is 0 Å². The summed E-state index contributed by atoms with van der Waals surface area (Å²) in [5.41, 5.74) is 2.38. The number of carbonyl (C=O) groups excluding carboxylic acids is 3. The van der Waals surface area contributed by atoms with E-state index in [1.807, 2.05) is 30.3 Å². The van der Waals surface area contributed by atoms with Gasteiger partial charge in [0.15, 0.2) is 5.13 Å². The van der Waals surface area contributed by atoms with Gasteiger partial charge in [0.2, 0.25) is 0 Å². The molecule has 1 aromatic heterocycles. The van der Waals surface area contributed by atoms with Crippen LogP contribution in [-0.2, 0) is 4.79 Å². The first kappa shape index (κ1) is 20.7. The van der Waals surface area contributed by atoms with Crippen LogP contribution in [0.15, 0.2) is 60.0 Å². The van der Waals surface area contributed by atoms with Gasteiger partial charge in [0.05, 0.1) is 11.4 Å². The van der Waals surface area contributed by atoms with Crippen LogP contribution >= 0.6 is 11.3 Å². The molecule has 2 amide bonds. The molecule has 158 valence electrons. The molecule has 7 nitrogen and oxygen atoms in total. The van der Waals surface area contributed by atoms with E-state index in [2.05, 4.69) is 20.5 Å². The van der Waals surface area contributed by atoms with Crippen molar-refractivity contribution in [3.8, 4) is 0 Å². The summed E-state index contributed by atoms with van der Waals surface area (Å²) in [6.07, 6.45) is 2.64. The first-order valence-electron chi connectivity index (χ1n) is 10.1. The van der Waals surface area contributed by atoms with Crippen LogP contribution in [0.25, 0.3) is 0 Å². The Morgan fingerprint density at radius 3 is 2.42 bits per heavy atom. The lowest BCUT2D eigenvalue weighted by Crippen LogP contribution is -2.34. The number of piperidine rings is 1. The maximum absolute atomic E-state index is 12.8. The average Bonchev–Trinajstić information content (AvgIpc) is 3.29. The molecule has 0 unspecified atom stereocenters. The van der Waals surface area contributed by atoms with Crippen LogP contribution in [0, 0.1) is 5.92 Å². The average molecular weight is 435 g/mol. The van der Waals surface area contributed by atoms with E-state index in [1.54, 1.807) is 29.6 Å². The molecule has 2 heterocycles. The number of hydrogen-bond donors (Lipinski definition) is 2. The summed E-state index contributed by atoms with van der Waals surface area (Å²) >= 11 is 1.20. The number of nitrogens with zero attached hydrogens (tertiary/aromatic N) is 2. The Balaban J connectivity index is 1.43. The second-order valence-corrected chi connectivity index (χ2v) is 8.15. The zero-order valence-electron chi connectivity index (χ0n) is 16.8. The summed E-state index contributed by atoms with van der Waals surface area (Å²) in [5, 5.41) is 7.63.